The van der Waals surface area contributed by atoms with Crippen LogP contribution in [0.4, 0.5) is 8.78 Å². The Kier molecular flexibility index (Phi) is 3.40. The zero-order valence-corrected chi connectivity index (χ0v) is 8.24. The Morgan fingerprint density at radius 1 is 1.58 bits per heavy atom. The molecule has 1 nitrogen and oxygen atoms in total. The molecule has 0 spiro atoms. The summed E-state index contributed by atoms with van der Waals surface area (Å²) in [7, 11) is 0. The van der Waals surface area contributed by atoms with Crippen LogP contribution in [0.3, 0.4) is 0 Å². The maximum Gasteiger partial charge on any atom is 0.265 e. The predicted octanol–water partition coefficient (Wildman–Crippen LogP) is 3.57. The number of aromatic nitrogens is 1. The number of rotatable bonds is 2. The second-order valence-electron chi connectivity index (χ2n) is 2.14. The van der Waals surface area contributed by atoms with Crippen molar-refractivity contribution >= 4 is 27.5 Å². The van der Waals surface area contributed by atoms with Gasteiger partial charge in [-0.1, -0.05) is 27.5 Å². The Morgan fingerprint density at radius 2 is 2.25 bits per heavy atom. The van der Waals surface area contributed by atoms with E-state index in [9.17, 15) is 8.78 Å². The standard InChI is InChI=1S/C7H5BrClF2N/c8-2-4-1-6(9)12-3-5(4)7(10)11/h1,3,7H,2H2. The Morgan fingerprint density at radius 3 is 2.75 bits per heavy atom. The maximum atomic E-state index is 12.2. The van der Waals surface area contributed by atoms with Gasteiger partial charge in [0.2, 0.25) is 0 Å². The SMILES string of the molecule is FC(F)c1cnc(Cl)cc1CBr. The molecule has 0 fully saturated rings. The van der Waals surface area contributed by atoms with Crippen LogP contribution >= 0.6 is 27.5 Å². The van der Waals surface area contributed by atoms with Crippen LogP contribution in [0.1, 0.15) is 17.6 Å². The summed E-state index contributed by atoms with van der Waals surface area (Å²) in [6.07, 6.45) is -1.40. The van der Waals surface area contributed by atoms with Gasteiger partial charge in [-0.2, -0.15) is 0 Å². The number of alkyl halides is 3. The van der Waals surface area contributed by atoms with Crippen molar-refractivity contribution in [1.29, 1.82) is 0 Å². The van der Waals surface area contributed by atoms with Crippen molar-refractivity contribution in [3.63, 3.8) is 0 Å². The van der Waals surface area contributed by atoms with Crippen molar-refractivity contribution in [2.75, 3.05) is 0 Å². The minimum atomic E-state index is -2.50. The molecule has 0 radical (unpaired) electrons. The molecule has 1 aromatic heterocycles. The van der Waals surface area contributed by atoms with Crippen molar-refractivity contribution < 1.29 is 8.78 Å². The van der Waals surface area contributed by atoms with E-state index in [0.717, 1.165) is 6.20 Å². The summed E-state index contributed by atoms with van der Waals surface area (Å²) in [6, 6.07) is 1.43. The Bertz CT molecular complexity index is 280. The molecule has 0 saturated heterocycles. The molecule has 1 heterocycles. The molecular formula is C7H5BrClF2N. The molecule has 5 heteroatoms. The van der Waals surface area contributed by atoms with E-state index in [2.05, 4.69) is 20.9 Å². The third-order valence-electron chi connectivity index (χ3n) is 1.37. The summed E-state index contributed by atoms with van der Waals surface area (Å²) < 4.78 is 24.5. The highest BCUT2D eigenvalue weighted by Crippen LogP contribution is 2.25. The van der Waals surface area contributed by atoms with Gasteiger partial charge < -0.3 is 0 Å². The first-order valence-corrected chi connectivity index (χ1v) is 4.63. The molecule has 0 atom stereocenters. The van der Waals surface area contributed by atoms with Gasteiger partial charge in [0, 0.05) is 17.1 Å². The molecule has 1 rings (SSSR count). The van der Waals surface area contributed by atoms with Crippen molar-refractivity contribution in [3.05, 3.63) is 28.5 Å². The minimum absolute atomic E-state index is 0.0729. The second-order valence-corrected chi connectivity index (χ2v) is 3.09. The fourth-order valence-electron chi connectivity index (χ4n) is 0.791. The monoisotopic (exact) mass is 255 g/mol. The average molecular weight is 256 g/mol. The average Bonchev–Trinajstić information content (AvgIpc) is 2.03. The zero-order chi connectivity index (χ0) is 9.14. The first-order chi connectivity index (χ1) is 5.65. The van der Waals surface area contributed by atoms with Gasteiger partial charge in [-0.3, -0.25) is 0 Å². The molecule has 0 saturated carbocycles. The third kappa shape index (κ3) is 2.14. The highest BCUT2D eigenvalue weighted by atomic mass is 79.9. The minimum Gasteiger partial charge on any atom is -0.244 e. The van der Waals surface area contributed by atoms with Crippen molar-refractivity contribution in [1.82, 2.24) is 4.98 Å². The number of nitrogens with zero attached hydrogens (tertiary/aromatic N) is 1. The van der Waals surface area contributed by atoms with E-state index in [1.165, 1.54) is 6.07 Å². The van der Waals surface area contributed by atoms with Crippen molar-refractivity contribution in [3.8, 4) is 0 Å². The van der Waals surface area contributed by atoms with Crippen molar-refractivity contribution in [2.24, 2.45) is 0 Å². The van der Waals surface area contributed by atoms with Gasteiger partial charge in [0.25, 0.3) is 6.43 Å². The number of halogens is 4. The van der Waals surface area contributed by atoms with Gasteiger partial charge >= 0.3 is 0 Å². The quantitative estimate of drug-likeness (QED) is 0.582. The van der Waals surface area contributed by atoms with Crippen LogP contribution in [-0.4, -0.2) is 4.98 Å². The first kappa shape index (κ1) is 9.86. The molecule has 0 aliphatic rings. The summed E-state index contributed by atoms with van der Waals surface area (Å²) in [4.78, 5) is 3.57. The molecule has 1 aromatic rings. The summed E-state index contributed by atoms with van der Waals surface area (Å²) in [5.41, 5.74) is 0.404. The molecule has 0 aromatic carbocycles. The van der Waals surface area contributed by atoms with Gasteiger partial charge in [-0.25, -0.2) is 13.8 Å². The van der Waals surface area contributed by atoms with Crippen LogP contribution in [0.15, 0.2) is 12.3 Å². The number of pyridine rings is 1. The molecule has 0 aliphatic carbocycles. The smallest absolute Gasteiger partial charge is 0.244 e. The fraction of sp³-hybridized carbons (Fsp3) is 0.286. The summed E-state index contributed by atoms with van der Waals surface area (Å²) in [5.74, 6) is 0. The maximum absolute atomic E-state index is 12.2. The van der Waals surface area contributed by atoms with E-state index in [4.69, 9.17) is 11.6 Å². The molecule has 0 unspecified atom stereocenters. The van der Waals surface area contributed by atoms with Crippen LogP contribution in [-0.2, 0) is 5.33 Å². The van der Waals surface area contributed by atoms with Crippen LogP contribution in [0, 0.1) is 0 Å². The fourth-order valence-corrected chi connectivity index (χ4v) is 1.46. The van der Waals surface area contributed by atoms with Gasteiger partial charge in [0.1, 0.15) is 5.15 Å². The molecule has 0 amide bonds. The molecule has 0 bridgehead atoms. The highest BCUT2D eigenvalue weighted by molar-refractivity contribution is 9.08. The van der Waals surface area contributed by atoms with Crippen LogP contribution in [0.2, 0.25) is 5.15 Å². The molecule has 0 N–H and O–H groups in total. The normalized spacial score (nSPS) is 10.8. The zero-order valence-electron chi connectivity index (χ0n) is 5.90. The van der Waals surface area contributed by atoms with E-state index < -0.39 is 6.43 Å². The lowest BCUT2D eigenvalue weighted by molar-refractivity contribution is 0.150. The predicted molar refractivity (Wildman–Crippen MR) is 46.8 cm³/mol. The molecule has 12 heavy (non-hydrogen) atoms. The lowest BCUT2D eigenvalue weighted by atomic mass is 10.2. The first-order valence-electron chi connectivity index (χ1n) is 3.13. The topological polar surface area (TPSA) is 12.9 Å². The van der Waals surface area contributed by atoms with E-state index in [1.54, 1.807) is 0 Å². The lowest BCUT2D eigenvalue weighted by Crippen LogP contribution is -1.93. The van der Waals surface area contributed by atoms with Crippen LogP contribution in [0.5, 0.6) is 0 Å². The van der Waals surface area contributed by atoms with Gasteiger partial charge in [-0.05, 0) is 11.6 Å². The van der Waals surface area contributed by atoms with E-state index in [-0.39, 0.29) is 10.7 Å². The summed E-state index contributed by atoms with van der Waals surface area (Å²) in [5, 5.41) is 0.586. The summed E-state index contributed by atoms with van der Waals surface area (Å²) >= 11 is 8.61. The number of hydrogen-bond donors (Lipinski definition) is 0. The Hall–Kier alpha value is -0.220. The Labute approximate surface area is 81.9 Å². The Balaban J connectivity index is 3.11. The molecule has 66 valence electrons. The van der Waals surface area contributed by atoms with Crippen molar-refractivity contribution in [2.45, 2.75) is 11.8 Å². The third-order valence-corrected chi connectivity index (χ3v) is 2.18. The number of hydrogen-bond acceptors (Lipinski definition) is 1. The van der Waals surface area contributed by atoms with Gasteiger partial charge in [0.15, 0.2) is 0 Å². The highest BCUT2D eigenvalue weighted by Gasteiger charge is 2.12. The second kappa shape index (κ2) is 4.14. The van der Waals surface area contributed by atoms with Crippen LogP contribution in [0.25, 0.3) is 0 Å². The van der Waals surface area contributed by atoms with E-state index >= 15 is 0 Å². The molecule has 0 aliphatic heterocycles. The van der Waals surface area contributed by atoms with Gasteiger partial charge in [-0.15, -0.1) is 0 Å². The van der Waals surface area contributed by atoms with E-state index in [0.29, 0.717) is 10.9 Å². The largest absolute Gasteiger partial charge is 0.265 e. The van der Waals surface area contributed by atoms with E-state index in [1.807, 2.05) is 0 Å². The summed E-state index contributed by atoms with van der Waals surface area (Å²) in [6.45, 7) is 0. The van der Waals surface area contributed by atoms with Crippen LogP contribution < -0.4 is 0 Å². The lowest BCUT2D eigenvalue weighted by Gasteiger charge is -2.04. The van der Waals surface area contributed by atoms with Gasteiger partial charge in [0.05, 0.1) is 0 Å². The molecular weight excluding hydrogens is 251 g/mol.